The first-order valence-electron chi connectivity index (χ1n) is 8.57. The van der Waals surface area contributed by atoms with Gasteiger partial charge in [-0.05, 0) is 26.0 Å². The zero-order valence-corrected chi connectivity index (χ0v) is 16.1. The van der Waals surface area contributed by atoms with E-state index in [1.807, 2.05) is 0 Å². The van der Waals surface area contributed by atoms with Crippen LogP contribution in [0, 0.1) is 11.6 Å². The van der Waals surface area contributed by atoms with E-state index in [-0.39, 0.29) is 35.4 Å². The molecule has 8 nitrogen and oxygen atoms in total. The highest BCUT2D eigenvalue weighted by Gasteiger charge is 2.39. The predicted octanol–water partition coefficient (Wildman–Crippen LogP) is 2.93. The fourth-order valence-electron chi connectivity index (χ4n) is 2.84. The number of fused-ring (bicyclic) bond motifs is 1. The highest BCUT2D eigenvalue weighted by Crippen LogP contribution is 2.38. The van der Waals surface area contributed by atoms with E-state index in [1.165, 1.54) is 0 Å². The molecule has 3 rings (SSSR count). The molecule has 0 saturated heterocycles. The number of carbonyl (C=O) groups is 2. The monoisotopic (exact) mass is 424 g/mol. The van der Waals surface area contributed by atoms with Gasteiger partial charge in [0.05, 0.1) is 24.5 Å². The molecule has 11 heteroatoms. The number of aromatic nitrogens is 4. The highest BCUT2D eigenvalue weighted by molar-refractivity contribution is 6.32. The summed E-state index contributed by atoms with van der Waals surface area (Å²) in [7, 11) is 0. The van der Waals surface area contributed by atoms with Gasteiger partial charge < -0.3 is 9.47 Å². The van der Waals surface area contributed by atoms with Crippen LogP contribution in [0.25, 0.3) is 16.9 Å². The Morgan fingerprint density at radius 2 is 1.69 bits per heavy atom. The van der Waals surface area contributed by atoms with Gasteiger partial charge >= 0.3 is 11.9 Å². The Kier molecular flexibility index (Phi) is 6.02. The first-order chi connectivity index (χ1) is 13.9. The van der Waals surface area contributed by atoms with Gasteiger partial charge in [-0.25, -0.2) is 8.78 Å². The van der Waals surface area contributed by atoms with Gasteiger partial charge in [-0.3, -0.25) is 9.59 Å². The normalized spacial score (nSPS) is 11.1. The van der Waals surface area contributed by atoms with Crippen molar-refractivity contribution < 1.29 is 27.8 Å². The largest absolute Gasteiger partial charge is 0.465 e. The maximum Gasteiger partial charge on any atom is 0.326 e. The van der Waals surface area contributed by atoms with Crippen LogP contribution in [-0.2, 0) is 19.1 Å². The summed E-state index contributed by atoms with van der Waals surface area (Å²) in [5.74, 6) is -5.74. The van der Waals surface area contributed by atoms with Crippen molar-refractivity contribution in [3.05, 3.63) is 47.0 Å². The Bertz CT molecular complexity index is 1050. The summed E-state index contributed by atoms with van der Waals surface area (Å²) in [4.78, 5) is 33.2. The molecule has 152 valence electrons. The predicted molar refractivity (Wildman–Crippen MR) is 97.2 cm³/mol. The van der Waals surface area contributed by atoms with Crippen LogP contribution in [0.15, 0.2) is 24.5 Å². The lowest BCUT2D eigenvalue weighted by molar-refractivity contribution is -0.157. The minimum atomic E-state index is -1.73. The molecule has 0 bridgehead atoms. The summed E-state index contributed by atoms with van der Waals surface area (Å²) in [5, 5.41) is 3.56. The van der Waals surface area contributed by atoms with Crippen molar-refractivity contribution in [2.75, 3.05) is 13.2 Å². The Hall–Kier alpha value is -3.14. The quantitative estimate of drug-likeness (QED) is 0.341. The van der Waals surface area contributed by atoms with E-state index >= 15 is 0 Å². The van der Waals surface area contributed by atoms with Gasteiger partial charge in [0.2, 0.25) is 0 Å². The number of hydrogen-bond donors (Lipinski definition) is 0. The summed E-state index contributed by atoms with van der Waals surface area (Å²) in [6, 6.07) is 3.18. The molecule has 0 atom stereocenters. The smallest absolute Gasteiger partial charge is 0.326 e. The molecule has 0 aliphatic carbocycles. The van der Waals surface area contributed by atoms with Gasteiger partial charge in [-0.2, -0.15) is 19.6 Å². The van der Waals surface area contributed by atoms with Crippen LogP contribution in [-0.4, -0.2) is 44.7 Å². The van der Waals surface area contributed by atoms with E-state index in [2.05, 4.69) is 15.1 Å². The minimum absolute atomic E-state index is 0.0442. The van der Waals surface area contributed by atoms with Gasteiger partial charge in [0, 0.05) is 5.56 Å². The molecule has 0 amide bonds. The molecule has 2 aromatic heterocycles. The molecule has 0 unspecified atom stereocenters. The van der Waals surface area contributed by atoms with E-state index in [0.29, 0.717) is 0 Å². The molecular formula is C18H15ClF2N4O4. The van der Waals surface area contributed by atoms with E-state index in [1.54, 1.807) is 13.8 Å². The second kappa shape index (κ2) is 8.48. The number of ether oxygens (including phenoxy) is 2. The van der Waals surface area contributed by atoms with Crippen LogP contribution in [0.3, 0.4) is 0 Å². The fourth-order valence-corrected chi connectivity index (χ4v) is 3.11. The van der Waals surface area contributed by atoms with E-state index in [0.717, 1.165) is 29.0 Å². The first-order valence-corrected chi connectivity index (χ1v) is 8.95. The molecule has 0 aliphatic rings. The molecule has 0 radical (unpaired) electrons. The second-order valence-electron chi connectivity index (χ2n) is 5.67. The minimum Gasteiger partial charge on any atom is -0.465 e. The van der Waals surface area contributed by atoms with Crippen molar-refractivity contribution in [1.82, 2.24) is 19.6 Å². The lowest BCUT2D eigenvalue weighted by atomic mass is 9.95. The van der Waals surface area contributed by atoms with Crippen LogP contribution in [0.4, 0.5) is 8.78 Å². The number of hydrogen-bond acceptors (Lipinski definition) is 7. The summed E-state index contributed by atoms with van der Waals surface area (Å²) < 4.78 is 40.1. The Labute approximate surface area is 168 Å². The fraction of sp³-hybridized carbons (Fsp3) is 0.278. The average molecular weight is 425 g/mol. The molecule has 0 aliphatic heterocycles. The summed E-state index contributed by atoms with van der Waals surface area (Å²) in [5.41, 5.74) is -1.17. The second-order valence-corrected chi connectivity index (χ2v) is 6.03. The number of nitrogens with zero attached hydrogens (tertiary/aromatic N) is 4. The van der Waals surface area contributed by atoms with Crippen LogP contribution >= 0.6 is 11.6 Å². The first kappa shape index (κ1) is 20.6. The Balaban J connectivity index is 2.41. The average Bonchev–Trinajstić information content (AvgIpc) is 3.12. The highest BCUT2D eigenvalue weighted by atomic mass is 35.5. The topological polar surface area (TPSA) is 95.7 Å². The van der Waals surface area contributed by atoms with Crippen molar-refractivity contribution in [2.45, 2.75) is 19.8 Å². The van der Waals surface area contributed by atoms with Crippen molar-refractivity contribution in [3.63, 3.8) is 0 Å². The van der Waals surface area contributed by atoms with Crippen molar-refractivity contribution in [1.29, 1.82) is 0 Å². The SMILES string of the molecule is CCOC(=O)C(C(=O)OCC)c1c(-c2c(F)cccc2F)c(Cl)nc2ncnn12. The molecular weight excluding hydrogens is 410 g/mol. The third kappa shape index (κ3) is 3.75. The Morgan fingerprint density at radius 1 is 1.10 bits per heavy atom. The van der Waals surface area contributed by atoms with Gasteiger partial charge in [-0.1, -0.05) is 17.7 Å². The maximum atomic E-state index is 14.6. The summed E-state index contributed by atoms with van der Waals surface area (Å²) >= 11 is 6.22. The maximum absolute atomic E-state index is 14.6. The van der Waals surface area contributed by atoms with Crippen molar-refractivity contribution in [2.24, 2.45) is 0 Å². The van der Waals surface area contributed by atoms with Crippen molar-refractivity contribution in [3.8, 4) is 11.1 Å². The van der Waals surface area contributed by atoms with E-state index < -0.39 is 35.1 Å². The van der Waals surface area contributed by atoms with Gasteiger partial charge in [-0.15, -0.1) is 0 Å². The van der Waals surface area contributed by atoms with Gasteiger partial charge in [0.15, 0.2) is 5.92 Å². The molecule has 0 fully saturated rings. The number of rotatable bonds is 6. The molecule has 29 heavy (non-hydrogen) atoms. The number of halogens is 3. The molecule has 0 N–H and O–H groups in total. The molecule has 3 aromatic rings. The summed E-state index contributed by atoms with van der Waals surface area (Å²) in [6.45, 7) is 3.00. The van der Waals surface area contributed by atoms with E-state index in [4.69, 9.17) is 21.1 Å². The number of benzene rings is 1. The number of carbonyl (C=O) groups excluding carboxylic acids is 2. The van der Waals surface area contributed by atoms with Crippen molar-refractivity contribution >= 4 is 29.3 Å². The lowest BCUT2D eigenvalue weighted by Crippen LogP contribution is -2.29. The van der Waals surface area contributed by atoms with Crippen LogP contribution in [0.2, 0.25) is 5.15 Å². The standard InChI is InChI=1S/C18H15ClF2N4O4/c1-3-28-16(26)13(17(27)29-4-2)14-12(11-9(20)6-5-7-10(11)21)15(19)24-18-22-8-23-25(14)18/h5-8,13H,3-4H2,1-2H3. The lowest BCUT2D eigenvalue weighted by Gasteiger charge is -2.20. The molecule has 1 aromatic carbocycles. The summed E-state index contributed by atoms with van der Waals surface area (Å²) in [6.07, 6.45) is 1.09. The zero-order chi connectivity index (χ0) is 21.1. The third-order valence-electron chi connectivity index (χ3n) is 3.95. The van der Waals surface area contributed by atoms with Crippen LogP contribution < -0.4 is 0 Å². The van der Waals surface area contributed by atoms with Crippen LogP contribution in [0.5, 0.6) is 0 Å². The molecule has 2 heterocycles. The van der Waals surface area contributed by atoms with Crippen LogP contribution in [0.1, 0.15) is 25.5 Å². The molecule has 0 spiro atoms. The van der Waals surface area contributed by atoms with E-state index in [9.17, 15) is 18.4 Å². The third-order valence-corrected chi connectivity index (χ3v) is 4.22. The van der Waals surface area contributed by atoms with Gasteiger partial charge in [0.25, 0.3) is 5.78 Å². The van der Waals surface area contributed by atoms with Gasteiger partial charge in [0.1, 0.15) is 23.1 Å². The molecule has 0 saturated carbocycles. The Morgan fingerprint density at radius 3 is 2.24 bits per heavy atom. The zero-order valence-electron chi connectivity index (χ0n) is 15.4. The number of esters is 2.